The molecular weight excluding hydrogens is 280 g/mol. The highest BCUT2D eigenvalue weighted by atomic mass is 16.3. The number of nitrogens with zero attached hydrogens (tertiary/aromatic N) is 1. The van der Waals surface area contributed by atoms with Crippen LogP contribution >= 0.6 is 0 Å². The fraction of sp³-hybridized carbons (Fsp3) is 0.294. The van der Waals surface area contributed by atoms with Crippen LogP contribution in [0.1, 0.15) is 25.2 Å². The van der Waals surface area contributed by atoms with E-state index in [0.717, 1.165) is 5.56 Å². The highest BCUT2D eigenvalue weighted by Crippen LogP contribution is 2.12. The van der Waals surface area contributed by atoms with Crippen LogP contribution in [0.2, 0.25) is 0 Å². The van der Waals surface area contributed by atoms with Crippen molar-refractivity contribution >= 4 is 11.8 Å². The zero-order valence-corrected chi connectivity index (χ0v) is 12.8. The van der Waals surface area contributed by atoms with Crippen molar-refractivity contribution in [1.29, 1.82) is 0 Å². The Labute approximate surface area is 129 Å². The molecular formula is C17H20N2O3. The van der Waals surface area contributed by atoms with E-state index < -0.39 is 6.04 Å². The summed E-state index contributed by atoms with van der Waals surface area (Å²) in [6.45, 7) is 3.91. The number of carbonyl (C=O) groups excluding carboxylic acids is 2. The second-order valence-corrected chi connectivity index (χ2v) is 5.18. The molecule has 1 atom stereocenters. The molecule has 0 saturated carbocycles. The van der Waals surface area contributed by atoms with Gasteiger partial charge < -0.3 is 14.6 Å². The van der Waals surface area contributed by atoms with Crippen molar-refractivity contribution in [3.05, 3.63) is 60.1 Å². The Morgan fingerprint density at radius 1 is 1.14 bits per heavy atom. The van der Waals surface area contributed by atoms with Crippen LogP contribution in [0.15, 0.2) is 53.1 Å². The van der Waals surface area contributed by atoms with Crippen LogP contribution in [0.25, 0.3) is 0 Å². The van der Waals surface area contributed by atoms with Gasteiger partial charge in [0.1, 0.15) is 11.8 Å². The number of furan rings is 1. The minimum Gasteiger partial charge on any atom is -0.467 e. The second-order valence-electron chi connectivity index (χ2n) is 5.18. The van der Waals surface area contributed by atoms with Gasteiger partial charge in [0.2, 0.25) is 11.8 Å². The third-order valence-electron chi connectivity index (χ3n) is 3.24. The summed E-state index contributed by atoms with van der Waals surface area (Å²) in [6.07, 6.45) is 1.58. The Hall–Kier alpha value is -2.56. The molecule has 2 aromatic rings. The molecule has 2 amide bonds. The minimum absolute atomic E-state index is 0.143. The normalized spacial score (nSPS) is 11.7. The molecule has 0 aliphatic heterocycles. The van der Waals surface area contributed by atoms with Crippen molar-refractivity contribution in [3.8, 4) is 0 Å². The predicted octanol–water partition coefficient (Wildman–Crippen LogP) is 2.33. The van der Waals surface area contributed by atoms with Gasteiger partial charge in [-0.15, -0.1) is 0 Å². The van der Waals surface area contributed by atoms with Gasteiger partial charge in [-0.2, -0.15) is 0 Å². The molecule has 1 N–H and O–H groups in total. The quantitative estimate of drug-likeness (QED) is 0.890. The van der Waals surface area contributed by atoms with Crippen molar-refractivity contribution < 1.29 is 14.0 Å². The lowest BCUT2D eigenvalue weighted by Gasteiger charge is -2.25. The predicted molar refractivity (Wildman–Crippen MR) is 82.7 cm³/mol. The standard InChI is InChI=1S/C17H20N2O3/c1-13(18-14(2)20)17(21)19(12-16-9-6-10-22-16)11-15-7-4-3-5-8-15/h3-10,13H,11-12H2,1-2H3,(H,18,20). The van der Waals surface area contributed by atoms with Gasteiger partial charge in [0, 0.05) is 13.5 Å². The molecule has 5 heteroatoms. The number of benzene rings is 1. The number of hydrogen-bond donors (Lipinski definition) is 1. The first-order valence-corrected chi connectivity index (χ1v) is 7.18. The topological polar surface area (TPSA) is 62.6 Å². The minimum atomic E-state index is -0.573. The van der Waals surface area contributed by atoms with Gasteiger partial charge in [-0.25, -0.2) is 0 Å². The molecule has 0 aliphatic rings. The molecule has 0 fully saturated rings. The smallest absolute Gasteiger partial charge is 0.245 e. The average Bonchev–Trinajstić information content (AvgIpc) is 2.99. The zero-order valence-electron chi connectivity index (χ0n) is 12.8. The Morgan fingerprint density at radius 2 is 1.86 bits per heavy atom. The Kier molecular flexibility index (Phi) is 5.36. The van der Waals surface area contributed by atoms with E-state index in [1.165, 1.54) is 6.92 Å². The number of carbonyl (C=O) groups is 2. The number of amides is 2. The first kappa shape index (κ1) is 15.8. The fourth-order valence-corrected chi connectivity index (χ4v) is 2.25. The molecule has 2 rings (SSSR count). The second kappa shape index (κ2) is 7.45. The average molecular weight is 300 g/mol. The Balaban J connectivity index is 2.13. The summed E-state index contributed by atoms with van der Waals surface area (Å²) >= 11 is 0. The zero-order chi connectivity index (χ0) is 15.9. The van der Waals surface area contributed by atoms with E-state index in [0.29, 0.717) is 18.8 Å². The van der Waals surface area contributed by atoms with E-state index in [9.17, 15) is 9.59 Å². The highest BCUT2D eigenvalue weighted by Gasteiger charge is 2.22. The molecule has 1 aromatic heterocycles. The van der Waals surface area contributed by atoms with Gasteiger partial charge in [-0.3, -0.25) is 9.59 Å². The summed E-state index contributed by atoms with van der Waals surface area (Å²) in [6, 6.07) is 12.8. The maximum absolute atomic E-state index is 12.6. The van der Waals surface area contributed by atoms with E-state index in [-0.39, 0.29) is 11.8 Å². The molecule has 1 unspecified atom stereocenters. The van der Waals surface area contributed by atoms with Crippen molar-refractivity contribution in [2.75, 3.05) is 0 Å². The SMILES string of the molecule is CC(=O)NC(C)C(=O)N(Cc1ccccc1)Cc1ccco1. The van der Waals surface area contributed by atoms with Crippen LogP contribution in [-0.4, -0.2) is 22.8 Å². The number of rotatable bonds is 6. The van der Waals surface area contributed by atoms with Crippen molar-refractivity contribution in [1.82, 2.24) is 10.2 Å². The van der Waals surface area contributed by atoms with Crippen molar-refractivity contribution in [2.24, 2.45) is 0 Å². The maximum Gasteiger partial charge on any atom is 0.245 e. The molecule has 1 heterocycles. The molecule has 0 aliphatic carbocycles. The monoisotopic (exact) mass is 300 g/mol. The molecule has 0 saturated heterocycles. The van der Waals surface area contributed by atoms with E-state index in [2.05, 4.69) is 5.32 Å². The highest BCUT2D eigenvalue weighted by molar-refractivity contribution is 5.86. The van der Waals surface area contributed by atoms with E-state index >= 15 is 0 Å². The van der Waals surface area contributed by atoms with Crippen LogP contribution in [0, 0.1) is 0 Å². The van der Waals surface area contributed by atoms with Gasteiger partial charge in [-0.05, 0) is 24.6 Å². The lowest BCUT2D eigenvalue weighted by Crippen LogP contribution is -2.45. The Bertz CT molecular complexity index is 608. The molecule has 0 spiro atoms. The van der Waals surface area contributed by atoms with Gasteiger partial charge in [-0.1, -0.05) is 30.3 Å². The molecule has 22 heavy (non-hydrogen) atoms. The van der Waals surface area contributed by atoms with Crippen LogP contribution in [0.3, 0.4) is 0 Å². The first-order valence-electron chi connectivity index (χ1n) is 7.18. The van der Waals surface area contributed by atoms with Crippen molar-refractivity contribution in [2.45, 2.75) is 33.0 Å². The van der Waals surface area contributed by atoms with Crippen LogP contribution in [-0.2, 0) is 22.7 Å². The molecule has 5 nitrogen and oxygen atoms in total. The van der Waals surface area contributed by atoms with Crippen LogP contribution in [0.4, 0.5) is 0 Å². The first-order chi connectivity index (χ1) is 10.6. The van der Waals surface area contributed by atoms with Gasteiger partial charge in [0.15, 0.2) is 0 Å². The maximum atomic E-state index is 12.6. The van der Waals surface area contributed by atoms with E-state index in [1.807, 2.05) is 36.4 Å². The summed E-state index contributed by atoms with van der Waals surface area (Å²) in [5.41, 5.74) is 1.03. The molecule has 0 radical (unpaired) electrons. The third kappa shape index (κ3) is 4.48. The van der Waals surface area contributed by atoms with E-state index in [1.54, 1.807) is 24.2 Å². The molecule has 1 aromatic carbocycles. The summed E-state index contributed by atoms with van der Waals surface area (Å²) < 4.78 is 5.33. The van der Waals surface area contributed by atoms with Crippen LogP contribution < -0.4 is 5.32 Å². The van der Waals surface area contributed by atoms with Crippen molar-refractivity contribution in [3.63, 3.8) is 0 Å². The fourth-order valence-electron chi connectivity index (χ4n) is 2.25. The van der Waals surface area contributed by atoms with Gasteiger partial charge in [0.05, 0.1) is 12.8 Å². The summed E-state index contributed by atoms with van der Waals surface area (Å²) in [5, 5.41) is 2.63. The van der Waals surface area contributed by atoms with E-state index in [4.69, 9.17) is 4.42 Å². The summed E-state index contributed by atoms with van der Waals surface area (Å²) in [5.74, 6) is 0.341. The van der Waals surface area contributed by atoms with Crippen LogP contribution in [0.5, 0.6) is 0 Å². The molecule has 116 valence electrons. The summed E-state index contributed by atoms with van der Waals surface area (Å²) in [4.78, 5) is 25.4. The Morgan fingerprint density at radius 3 is 2.45 bits per heavy atom. The third-order valence-corrected chi connectivity index (χ3v) is 3.24. The van der Waals surface area contributed by atoms with Gasteiger partial charge >= 0.3 is 0 Å². The van der Waals surface area contributed by atoms with Gasteiger partial charge in [0.25, 0.3) is 0 Å². The largest absolute Gasteiger partial charge is 0.467 e. The number of hydrogen-bond acceptors (Lipinski definition) is 3. The number of nitrogens with one attached hydrogen (secondary N) is 1. The molecule has 0 bridgehead atoms. The lowest BCUT2D eigenvalue weighted by atomic mass is 10.2. The lowest BCUT2D eigenvalue weighted by molar-refractivity contribution is -0.136. The summed E-state index contributed by atoms with van der Waals surface area (Å²) in [7, 11) is 0.